The zero-order chi connectivity index (χ0) is 22.3. The molecular weight excluding hydrogens is 515 g/mol. The maximum absolute atomic E-state index is 12.0. The average Bonchev–Trinajstić information content (AvgIpc) is 2.79. The third kappa shape index (κ3) is 10.9. The number of hydrogen-bond donors (Lipinski definition) is 2. The molecule has 1 amide bonds. The van der Waals surface area contributed by atoms with Gasteiger partial charge in [0.25, 0.3) is 5.91 Å². The number of benzene rings is 2. The summed E-state index contributed by atoms with van der Waals surface area (Å²) >= 11 is 0. The van der Waals surface area contributed by atoms with Crippen LogP contribution in [0.25, 0.3) is 0 Å². The van der Waals surface area contributed by atoms with E-state index in [1.54, 1.807) is 19.0 Å². The van der Waals surface area contributed by atoms with Gasteiger partial charge >= 0.3 is 0 Å². The minimum atomic E-state index is 0. The predicted molar refractivity (Wildman–Crippen MR) is 143 cm³/mol. The van der Waals surface area contributed by atoms with Crippen molar-refractivity contribution in [1.82, 2.24) is 15.5 Å². The minimum absolute atomic E-state index is 0. The Kier molecular flexibility index (Phi) is 14.4. The number of guanidine groups is 1. The van der Waals surface area contributed by atoms with Gasteiger partial charge in [-0.25, -0.2) is 4.99 Å². The van der Waals surface area contributed by atoms with Crippen LogP contribution in [-0.4, -0.2) is 57.2 Å². The number of rotatable bonds is 12. The Hall–Kier alpha value is -2.13. The van der Waals surface area contributed by atoms with Crippen LogP contribution >= 0.6 is 24.0 Å². The van der Waals surface area contributed by atoms with Gasteiger partial charge in [0.1, 0.15) is 0 Å². The molecule has 0 aliphatic heterocycles. The molecule has 6 nitrogen and oxygen atoms in total. The van der Waals surface area contributed by atoms with Crippen molar-refractivity contribution in [1.29, 1.82) is 0 Å². The highest BCUT2D eigenvalue weighted by molar-refractivity contribution is 14.0. The van der Waals surface area contributed by atoms with Crippen molar-refractivity contribution in [2.75, 3.05) is 40.4 Å². The molecule has 0 unspecified atom stereocenters. The van der Waals surface area contributed by atoms with Gasteiger partial charge in [0.2, 0.25) is 0 Å². The van der Waals surface area contributed by atoms with Gasteiger partial charge in [-0.1, -0.05) is 42.5 Å². The van der Waals surface area contributed by atoms with Gasteiger partial charge < -0.3 is 20.3 Å². The second-order valence-corrected chi connectivity index (χ2v) is 7.57. The van der Waals surface area contributed by atoms with Crippen molar-refractivity contribution in [2.24, 2.45) is 4.99 Å². The van der Waals surface area contributed by atoms with Crippen LogP contribution in [0.5, 0.6) is 0 Å². The summed E-state index contributed by atoms with van der Waals surface area (Å²) in [5, 5.41) is 6.65. The minimum Gasteiger partial charge on any atom is -0.381 e. The van der Waals surface area contributed by atoms with Crippen molar-refractivity contribution >= 4 is 35.8 Å². The first-order chi connectivity index (χ1) is 15.1. The lowest BCUT2D eigenvalue weighted by atomic mass is 10.1. The summed E-state index contributed by atoms with van der Waals surface area (Å²) in [7, 11) is 3.51. The Morgan fingerprint density at radius 1 is 0.938 bits per heavy atom. The molecule has 0 aliphatic carbocycles. The number of hydrogen-bond acceptors (Lipinski definition) is 3. The normalized spacial score (nSPS) is 10.9. The molecule has 0 saturated carbocycles. The fourth-order valence-electron chi connectivity index (χ4n) is 3.00. The molecule has 0 bridgehead atoms. The highest BCUT2D eigenvalue weighted by Gasteiger charge is 2.07. The standard InChI is InChI=1S/C25H36N4O2.HI/c1-4-26-25(28-20-22-12-14-23(15-13-22)24(30)29(2)3)27-17-8-9-18-31-19-16-21-10-6-5-7-11-21;/h5-7,10-15H,4,8-9,16-20H2,1-3H3,(H2,26,27,28);1H. The summed E-state index contributed by atoms with van der Waals surface area (Å²) < 4.78 is 5.74. The summed E-state index contributed by atoms with van der Waals surface area (Å²) in [4.78, 5) is 18.2. The molecule has 0 spiro atoms. The molecular formula is C25H37IN4O2. The second kappa shape index (κ2) is 16.5. The van der Waals surface area contributed by atoms with E-state index in [1.807, 2.05) is 30.3 Å². The van der Waals surface area contributed by atoms with Crippen molar-refractivity contribution < 1.29 is 9.53 Å². The fourth-order valence-corrected chi connectivity index (χ4v) is 3.00. The Bertz CT molecular complexity index is 795. The molecule has 0 atom stereocenters. The van der Waals surface area contributed by atoms with Gasteiger partial charge in [0.05, 0.1) is 13.2 Å². The Morgan fingerprint density at radius 3 is 2.31 bits per heavy atom. The van der Waals surface area contributed by atoms with Crippen molar-refractivity contribution in [3.63, 3.8) is 0 Å². The van der Waals surface area contributed by atoms with E-state index in [2.05, 4.69) is 46.8 Å². The number of halogens is 1. The SMILES string of the molecule is CCNC(=NCc1ccc(C(=O)N(C)C)cc1)NCCCCOCCc1ccccc1.I. The molecule has 0 aromatic heterocycles. The number of ether oxygens (including phenoxy) is 1. The first kappa shape index (κ1) is 27.9. The summed E-state index contributed by atoms with van der Waals surface area (Å²) in [5.41, 5.74) is 3.07. The number of carbonyl (C=O) groups is 1. The fraction of sp³-hybridized carbons (Fsp3) is 0.440. The first-order valence-corrected chi connectivity index (χ1v) is 11.0. The van der Waals surface area contributed by atoms with Crippen LogP contribution in [0.2, 0.25) is 0 Å². The van der Waals surface area contributed by atoms with Crippen LogP contribution < -0.4 is 10.6 Å². The molecule has 7 heteroatoms. The van der Waals surface area contributed by atoms with Gasteiger partial charge in [0.15, 0.2) is 5.96 Å². The lowest BCUT2D eigenvalue weighted by Gasteiger charge is -2.12. The molecule has 2 N–H and O–H groups in total. The second-order valence-electron chi connectivity index (χ2n) is 7.57. The molecule has 2 aromatic rings. The van der Waals surface area contributed by atoms with E-state index in [4.69, 9.17) is 4.74 Å². The quantitative estimate of drug-likeness (QED) is 0.180. The zero-order valence-corrected chi connectivity index (χ0v) is 21.8. The molecule has 2 aromatic carbocycles. The van der Waals surface area contributed by atoms with E-state index in [0.717, 1.165) is 57.1 Å². The van der Waals surface area contributed by atoms with Gasteiger partial charge in [-0.05, 0) is 49.4 Å². The maximum Gasteiger partial charge on any atom is 0.253 e. The summed E-state index contributed by atoms with van der Waals surface area (Å²) in [6.45, 7) is 5.82. The highest BCUT2D eigenvalue weighted by atomic mass is 127. The van der Waals surface area contributed by atoms with E-state index in [-0.39, 0.29) is 29.9 Å². The van der Waals surface area contributed by atoms with Crippen LogP contribution in [0, 0.1) is 0 Å². The predicted octanol–water partition coefficient (Wildman–Crippen LogP) is 4.10. The van der Waals surface area contributed by atoms with Gasteiger partial charge in [-0.15, -0.1) is 24.0 Å². The number of amides is 1. The molecule has 0 saturated heterocycles. The third-order valence-corrected chi connectivity index (χ3v) is 4.76. The molecule has 0 fully saturated rings. The van der Waals surface area contributed by atoms with E-state index >= 15 is 0 Å². The topological polar surface area (TPSA) is 66.0 Å². The van der Waals surface area contributed by atoms with Gasteiger partial charge in [0, 0.05) is 39.4 Å². The highest BCUT2D eigenvalue weighted by Crippen LogP contribution is 2.07. The van der Waals surface area contributed by atoms with E-state index in [1.165, 1.54) is 5.56 Å². The van der Waals surface area contributed by atoms with E-state index < -0.39 is 0 Å². The number of nitrogens with zero attached hydrogens (tertiary/aromatic N) is 2. The lowest BCUT2D eigenvalue weighted by molar-refractivity contribution is 0.0827. The molecule has 2 rings (SSSR count). The number of nitrogens with one attached hydrogen (secondary N) is 2. The molecule has 32 heavy (non-hydrogen) atoms. The van der Waals surface area contributed by atoms with E-state index in [0.29, 0.717) is 12.1 Å². The zero-order valence-electron chi connectivity index (χ0n) is 19.5. The molecule has 0 radical (unpaired) electrons. The Labute approximate surface area is 209 Å². The first-order valence-electron chi connectivity index (χ1n) is 11.0. The van der Waals surface area contributed by atoms with Gasteiger partial charge in [-0.2, -0.15) is 0 Å². The third-order valence-electron chi connectivity index (χ3n) is 4.76. The number of aliphatic imine (C=N–C) groups is 1. The molecule has 176 valence electrons. The Morgan fingerprint density at radius 2 is 1.66 bits per heavy atom. The largest absolute Gasteiger partial charge is 0.381 e. The number of carbonyl (C=O) groups excluding carboxylic acids is 1. The summed E-state index contributed by atoms with van der Waals surface area (Å²) in [5.74, 6) is 0.815. The van der Waals surface area contributed by atoms with Crippen molar-refractivity contribution in [3.8, 4) is 0 Å². The Balaban J connectivity index is 0.00000512. The number of unbranched alkanes of at least 4 members (excludes halogenated alkanes) is 1. The van der Waals surface area contributed by atoms with E-state index in [9.17, 15) is 4.79 Å². The maximum atomic E-state index is 12.0. The smallest absolute Gasteiger partial charge is 0.253 e. The molecule has 0 heterocycles. The van der Waals surface area contributed by atoms with Crippen LogP contribution in [0.4, 0.5) is 0 Å². The monoisotopic (exact) mass is 552 g/mol. The van der Waals surface area contributed by atoms with Gasteiger partial charge in [-0.3, -0.25) is 4.79 Å². The average molecular weight is 553 g/mol. The van der Waals surface area contributed by atoms with Crippen LogP contribution in [0.15, 0.2) is 59.6 Å². The van der Waals surface area contributed by atoms with Crippen LogP contribution in [0.1, 0.15) is 41.3 Å². The van der Waals surface area contributed by atoms with Crippen molar-refractivity contribution in [3.05, 3.63) is 71.3 Å². The van der Waals surface area contributed by atoms with Crippen molar-refractivity contribution in [2.45, 2.75) is 32.7 Å². The van der Waals surface area contributed by atoms with Crippen LogP contribution in [-0.2, 0) is 17.7 Å². The molecule has 0 aliphatic rings. The van der Waals surface area contributed by atoms with Crippen LogP contribution in [0.3, 0.4) is 0 Å². The summed E-state index contributed by atoms with van der Waals surface area (Å²) in [6, 6.07) is 18.0. The lowest BCUT2D eigenvalue weighted by Crippen LogP contribution is -2.37. The summed E-state index contributed by atoms with van der Waals surface area (Å²) in [6.07, 6.45) is 3.00.